The summed E-state index contributed by atoms with van der Waals surface area (Å²) in [5.74, 6) is 1.83. The van der Waals surface area contributed by atoms with Crippen molar-refractivity contribution in [1.29, 1.82) is 0 Å². The van der Waals surface area contributed by atoms with Crippen LogP contribution in [0.2, 0.25) is 0 Å². The van der Waals surface area contributed by atoms with E-state index in [0.717, 1.165) is 51.4 Å². The Bertz CT molecular complexity index is 298. The lowest BCUT2D eigenvalue weighted by atomic mass is 9.71. The van der Waals surface area contributed by atoms with Crippen LogP contribution in [-0.2, 0) is 9.47 Å². The summed E-state index contributed by atoms with van der Waals surface area (Å²) >= 11 is 0. The molecule has 1 spiro atoms. The van der Waals surface area contributed by atoms with Crippen LogP contribution in [-0.4, -0.2) is 36.6 Å². The van der Waals surface area contributed by atoms with Gasteiger partial charge in [-0.05, 0) is 56.3 Å². The Kier molecular flexibility index (Phi) is 4.68. The van der Waals surface area contributed by atoms with Gasteiger partial charge in [-0.1, -0.05) is 19.8 Å². The van der Waals surface area contributed by atoms with Crippen LogP contribution in [0.5, 0.6) is 0 Å². The molecule has 2 unspecified atom stereocenters. The highest BCUT2D eigenvalue weighted by molar-refractivity contribution is 4.92. The second-order valence-electron chi connectivity index (χ2n) is 7.41. The SMILES string of the molecule is CC1CCC(C(O)C2CCOC3(CCOCC3)C2)CC1. The maximum atomic E-state index is 10.8. The van der Waals surface area contributed by atoms with Crippen molar-refractivity contribution in [2.24, 2.45) is 17.8 Å². The smallest absolute Gasteiger partial charge is 0.0730 e. The molecule has 0 amide bonds. The largest absolute Gasteiger partial charge is 0.393 e. The molecule has 20 heavy (non-hydrogen) atoms. The van der Waals surface area contributed by atoms with E-state index in [4.69, 9.17) is 9.47 Å². The number of aliphatic hydroxyl groups is 1. The van der Waals surface area contributed by atoms with E-state index in [1.807, 2.05) is 0 Å². The number of hydrogen-bond donors (Lipinski definition) is 1. The topological polar surface area (TPSA) is 38.7 Å². The molecular weight excluding hydrogens is 252 g/mol. The number of rotatable bonds is 2. The molecule has 0 radical (unpaired) electrons. The van der Waals surface area contributed by atoms with Crippen LogP contribution in [0.3, 0.4) is 0 Å². The third-order valence-electron chi connectivity index (χ3n) is 5.96. The third kappa shape index (κ3) is 3.20. The van der Waals surface area contributed by atoms with Gasteiger partial charge in [0.25, 0.3) is 0 Å². The van der Waals surface area contributed by atoms with Crippen molar-refractivity contribution in [3.63, 3.8) is 0 Å². The van der Waals surface area contributed by atoms with Gasteiger partial charge in [-0.15, -0.1) is 0 Å². The monoisotopic (exact) mass is 282 g/mol. The minimum Gasteiger partial charge on any atom is -0.393 e. The van der Waals surface area contributed by atoms with Gasteiger partial charge >= 0.3 is 0 Å². The van der Waals surface area contributed by atoms with Gasteiger partial charge < -0.3 is 14.6 Å². The normalized spacial score (nSPS) is 39.6. The van der Waals surface area contributed by atoms with Crippen LogP contribution in [0, 0.1) is 17.8 Å². The first-order chi connectivity index (χ1) is 9.69. The quantitative estimate of drug-likeness (QED) is 0.845. The van der Waals surface area contributed by atoms with Crippen molar-refractivity contribution in [2.75, 3.05) is 19.8 Å². The lowest BCUT2D eigenvalue weighted by molar-refractivity contribution is -0.163. The molecule has 3 fully saturated rings. The molecule has 1 saturated carbocycles. The van der Waals surface area contributed by atoms with Crippen LogP contribution in [0.25, 0.3) is 0 Å². The molecule has 0 aromatic heterocycles. The summed E-state index contributed by atoms with van der Waals surface area (Å²) in [6, 6.07) is 0. The lowest BCUT2D eigenvalue weighted by Crippen LogP contribution is -2.48. The molecule has 2 saturated heterocycles. The molecule has 116 valence electrons. The van der Waals surface area contributed by atoms with Crippen molar-refractivity contribution in [3.8, 4) is 0 Å². The van der Waals surface area contributed by atoms with E-state index in [9.17, 15) is 5.11 Å². The maximum Gasteiger partial charge on any atom is 0.0730 e. The molecule has 0 aromatic rings. The van der Waals surface area contributed by atoms with E-state index in [1.54, 1.807) is 0 Å². The lowest BCUT2D eigenvalue weighted by Gasteiger charge is -2.46. The molecule has 2 aliphatic heterocycles. The van der Waals surface area contributed by atoms with Gasteiger partial charge in [0.2, 0.25) is 0 Å². The van der Waals surface area contributed by atoms with E-state index in [0.29, 0.717) is 11.8 Å². The van der Waals surface area contributed by atoms with Crippen LogP contribution < -0.4 is 0 Å². The van der Waals surface area contributed by atoms with E-state index in [1.165, 1.54) is 25.7 Å². The minimum atomic E-state index is -0.105. The van der Waals surface area contributed by atoms with Gasteiger partial charge in [0.15, 0.2) is 0 Å². The van der Waals surface area contributed by atoms with Gasteiger partial charge in [-0.25, -0.2) is 0 Å². The summed E-state index contributed by atoms with van der Waals surface area (Å²) in [5.41, 5.74) is 0.0180. The molecule has 0 aromatic carbocycles. The zero-order valence-electron chi connectivity index (χ0n) is 12.9. The highest BCUT2D eigenvalue weighted by atomic mass is 16.5. The summed E-state index contributed by atoms with van der Waals surface area (Å²) in [6.07, 6.45) is 9.03. The average Bonchev–Trinajstić information content (AvgIpc) is 2.48. The molecule has 3 heteroatoms. The molecule has 3 nitrogen and oxygen atoms in total. The fourth-order valence-electron chi connectivity index (χ4n) is 4.46. The van der Waals surface area contributed by atoms with Crippen molar-refractivity contribution >= 4 is 0 Å². The van der Waals surface area contributed by atoms with Crippen molar-refractivity contribution in [1.82, 2.24) is 0 Å². The Morgan fingerprint density at radius 2 is 1.65 bits per heavy atom. The third-order valence-corrected chi connectivity index (χ3v) is 5.96. The highest BCUT2D eigenvalue weighted by Crippen LogP contribution is 2.42. The van der Waals surface area contributed by atoms with Crippen LogP contribution in [0.15, 0.2) is 0 Å². The fourth-order valence-corrected chi connectivity index (χ4v) is 4.46. The average molecular weight is 282 g/mol. The van der Waals surface area contributed by atoms with Gasteiger partial charge in [-0.3, -0.25) is 0 Å². The molecule has 3 rings (SSSR count). The second-order valence-corrected chi connectivity index (χ2v) is 7.41. The van der Waals surface area contributed by atoms with E-state index >= 15 is 0 Å². The summed E-state index contributed by atoms with van der Waals surface area (Å²) in [4.78, 5) is 0. The van der Waals surface area contributed by atoms with Crippen LogP contribution in [0.4, 0.5) is 0 Å². The van der Waals surface area contributed by atoms with E-state index in [2.05, 4.69) is 6.92 Å². The Balaban J connectivity index is 1.58. The number of ether oxygens (including phenoxy) is 2. The highest BCUT2D eigenvalue weighted by Gasteiger charge is 2.42. The van der Waals surface area contributed by atoms with Gasteiger partial charge in [-0.2, -0.15) is 0 Å². The van der Waals surface area contributed by atoms with Crippen LogP contribution in [0.1, 0.15) is 58.3 Å². The van der Waals surface area contributed by atoms with Crippen LogP contribution >= 0.6 is 0 Å². The van der Waals surface area contributed by atoms with Crippen molar-refractivity contribution < 1.29 is 14.6 Å². The molecule has 3 aliphatic rings. The van der Waals surface area contributed by atoms with Gasteiger partial charge in [0, 0.05) is 19.8 Å². The zero-order valence-corrected chi connectivity index (χ0v) is 12.9. The Morgan fingerprint density at radius 3 is 2.35 bits per heavy atom. The summed E-state index contributed by atoms with van der Waals surface area (Å²) in [7, 11) is 0. The number of aliphatic hydroxyl groups excluding tert-OH is 1. The van der Waals surface area contributed by atoms with E-state index < -0.39 is 0 Å². The fraction of sp³-hybridized carbons (Fsp3) is 1.00. The van der Waals surface area contributed by atoms with Crippen molar-refractivity contribution in [2.45, 2.75) is 70.0 Å². The van der Waals surface area contributed by atoms with Gasteiger partial charge in [0.1, 0.15) is 0 Å². The minimum absolute atomic E-state index is 0.0180. The molecule has 1 N–H and O–H groups in total. The maximum absolute atomic E-state index is 10.8. The first-order valence-electron chi connectivity index (χ1n) is 8.58. The second kappa shape index (κ2) is 6.33. The van der Waals surface area contributed by atoms with Crippen molar-refractivity contribution in [3.05, 3.63) is 0 Å². The predicted octanol–water partition coefficient (Wildman–Crippen LogP) is 3.15. The first kappa shape index (κ1) is 14.8. The standard InChI is InChI=1S/C17H30O3/c1-13-2-4-14(5-3-13)16(18)15-6-9-20-17(12-15)7-10-19-11-8-17/h13-16,18H,2-12H2,1H3. The predicted molar refractivity (Wildman–Crippen MR) is 78.6 cm³/mol. The number of hydrogen-bond acceptors (Lipinski definition) is 3. The summed E-state index contributed by atoms with van der Waals surface area (Å²) in [5, 5.41) is 10.8. The summed E-state index contributed by atoms with van der Waals surface area (Å²) < 4.78 is 11.6. The molecule has 1 aliphatic carbocycles. The van der Waals surface area contributed by atoms with Gasteiger partial charge in [0.05, 0.1) is 11.7 Å². The summed E-state index contributed by atoms with van der Waals surface area (Å²) in [6.45, 7) is 4.81. The van der Waals surface area contributed by atoms with E-state index in [-0.39, 0.29) is 11.7 Å². The molecule has 0 bridgehead atoms. The first-order valence-corrected chi connectivity index (χ1v) is 8.58. The Morgan fingerprint density at radius 1 is 0.950 bits per heavy atom. The Labute approximate surface area is 123 Å². The molecule has 2 atom stereocenters. The molecule has 2 heterocycles. The molecular formula is C17H30O3. The Hall–Kier alpha value is -0.120. The zero-order chi connectivity index (χ0) is 14.0.